The molecule has 3 nitrogen and oxygen atoms in total. The highest BCUT2D eigenvalue weighted by Gasteiger charge is 2.04. The van der Waals surface area contributed by atoms with Crippen molar-refractivity contribution in [1.29, 1.82) is 0 Å². The van der Waals surface area contributed by atoms with Crippen LogP contribution in [0.1, 0.15) is 37.8 Å². The van der Waals surface area contributed by atoms with Crippen LogP contribution in [-0.4, -0.2) is 9.79 Å². The second-order valence-electron chi connectivity index (χ2n) is 4.09. The van der Waals surface area contributed by atoms with Crippen molar-refractivity contribution in [2.75, 3.05) is 0 Å². The molecule has 0 atom stereocenters. The second-order valence-corrected chi connectivity index (χ2v) is 4.59. The van der Waals surface area contributed by atoms with Crippen LogP contribution < -0.4 is 0 Å². The van der Waals surface area contributed by atoms with E-state index in [0.717, 1.165) is 5.92 Å². The van der Waals surface area contributed by atoms with E-state index in [2.05, 4.69) is 44.7 Å². The summed E-state index contributed by atoms with van der Waals surface area (Å²) in [6.45, 7) is 8.29. The van der Waals surface area contributed by atoms with Crippen molar-refractivity contribution in [3.8, 4) is 0 Å². The van der Waals surface area contributed by atoms with Gasteiger partial charge in [-0.2, -0.15) is 0 Å². The summed E-state index contributed by atoms with van der Waals surface area (Å²) in [5.74, 6) is 0.838. The lowest BCUT2D eigenvalue weighted by molar-refractivity contribution is 0.405. The zero-order chi connectivity index (χ0) is 14.0. The van der Waals surface area contributed by atoms with Gasteiger partial charge in [0.2, 0.25) is 0 Å². The molecule has 0 aromatic heterocycles. The van der Waals surface area contributed by atoms with Crippen LogP contribution in [0.5, 0.6) is 0 Å². The summed E-state index contributed by atoms with van der Waals surface area (Å²) in [5.41, 5.74) is 2.66. The molecule has 0 radical (unpaired) electrons. The zero-order valence-electron chi connectivity index (χ0n) is 11.0. The van der Waals surface area contributed by atoms with Gasteiger partial charge >= 0.3 is 8.25 Å². The molecule has 0 fully saturated rings. The van der Waals surface area contributed by atoms with E-state index in [1.54, 1.807) is 0 Å². The third-order valence-electron chi connectivity index (χ3n) is 2.89. The summed E-state index contributed by atoms with van der Waals surface area (Å²) in [7, 11) is -2.87. The molecule has 0 aliphatic heterocycles. The number of hydrogen-bond acceptors (Lipinski definition) is 1. The van der Waals surface area contributed by atoms with Crippen LogP contribution in [-0.2, 0) is 11.0 Å². The van der Waals surface area contributed by atoms with E-state index in [9.17, 15) is 0 Å². The van der Waals surface area contributed by atoms with Crippen molar-refractivity contribution in [3.63, 3.8) is 0 Å². The molecule has 0 unspecified atom stereocenters. The fourth-order valence-electron chi connectivity index (χ4n) is 1.70. The average Bonchev–Trinajstić information content (AvgIpc) is 2.36. The van der Waals surface area contributed by atoms with Crippen LogP contribution in [0.2, 0.25) is 0 Å². The molecule has 100 valence electrons. The second kappa shape index (κ2) is 9.95. The quantitative estimate of drug-likeness (QED) is 0.796. The first-order valence-electron chi connectivity index (χ1n) is 6.09. The minimum atomic E-state index is -2.87. The van der Waals surface area contributed by atoms with Crippen LogP contribution in [0.15, 0.2) is 30.8 Å². The molecule has 18 heavy (non-hydrogen) atoms. The molecule has 2 N–H and O–H groups in total. The van der Waals surface area contributed by atoms with Crippen molar-refractivity contribution in [3.05, 3.63) is 42.0 Å². The lowest BCUT2D eigenvalue weighted by Crippen LogP contribution is -2.01. The molecular formula is C14H22O3P+. The van der Waals surface area contributed by atoms with E-state index < -0.39 is 8.25 Å². The Kier molecular flexibility index (Phi) is 9.39. The normalized spacial score (nSPS) is 9.61. The van der Waals surface area contributed by atoms with Gasteiger partial charge in [0, 0.05) is 4.57 Å². The lowest BCUT2D eigenvalue weighted by Gasteiger charge is -2.11. The maximum Gasteiger partial charge on any atom is 0.692 e. The van der Waals surface area contributed by atoms with E-state index >= 15 is 0 Å². The van der Waals surface area contributed by atoms with Gasteiger partial charge in [0.1, 0.15) is 0 Å². The fraction of sp³-hybridized carbons (Fsp3) is 0.429. The monoisotopic (exact) mass is 269 g/mol. The van der Waals surface area contributed by atoms with Crippen LogP contribution in [0.25, 0.3) is 6.08 Å². The van der Waals surface area contributed by atoms with Gasteiger partial charge in [0.25, 0.3) is 0 Å². The molecule has 0 saturated carbocycles. The Hall–Kier alpha value is -1.02. The van der Waals surface area contributed by atoms with Crippen molar-refractivity contribution >= 4 is 14.3 Å². The van der Waals surface area contributed by atoms with E-state index in [1.165, 1.54) is 30.4 Å². The van der Waals surface area contributed by atoms with Gasteiger partial charge in [0.15, 0.2) is 0 Å². The van der Waals surface area contributed by atoms with Gasteiger partial charge < -0.3 is 0 Å². The Morgan fingerprint density at radius 3 is 2.00 bits per heavy atom. The van der Waals surface area contributed by atoms with Crippen molar-refractivity contribution < 1.29 is 14.4 Å². The number of benzene rings is 1. The molecule has 0 aliphatic carbocycles. The first-order valence-corrected chi connectivity index (χ1v) is 7.26. The fourth-order valence-corrected chi connectivity index (χ4v) is 1.70. The minimum absolute atomic E-state index is 0.838. The molecule has 0 amide bonds. The highest BCUT2D eigenvalue weighted by molar-refractivity contribution is 7.30. The predicted octanol–water partition coefficient (Wildman–Crippen LogP) is 3.94. The summed E-state index contributed by atoms with van der Waals surface area (Å²) >= 11 is 0. The van der Waals surface area contributed by atoms with Gasteiger partial charge in [-0.1, -0.05) is 63.6 Å². The van der Waals surface area contributed by atoms with E-state index in [-0.39, 0.29) is 0 Å². The van der Waals surface area contributed by atoms with Crippen LogP contribution in [0.4, 0.5) is 0 Å². The molecule has 0 aliphatic rings. The molecule has 0 bridgehead atoms. The van der Waals surface area contributed by atoms with Gasteiger partial charge in [-0.25, -0.2) is 0 Å². The third kappa shape index (κ3) is 8.13. The van der Waals surface area contributed by atoms with E-state index in [4.69, 9.17) is 14.4 Å². The smallest absolute Gasteiger partial charge is 0.134 e. The third-order valence-corrected chi connectivity index (χ3v) is 2.89. The Morgan fingerprint density at radius 1 is 1.22 bits per heavy atom. The Morgan fingerprint density at radius 2 is 1.67 bits per heavy atom. The van der Waals surface area contributed by atoms with E-state index in [0.29, 0.717) is 0 Å². The Bertz CT molecular complexity index is 352. The molecule has 1 aromatic carbocycles. The number of rotatable bonds is 5. The van der Waals surface area contributed by atoms with Gasteiger partial charge in [-0.15, -0.1) is 9.79 Å². The Balaban J connectivity index is 0.000000631. The summed E-state index contributed by atoms with van der Waals surface area (Å²) in [6.07, 6.45) is 5.66. The Labute approximate surface area is 110 Å². The summed E-state index contributed by atoms with van der Waals surface area (Å²) in [4.78, 5) is 14.2. The molecule has 0 heterocycles. The minimum Gasteiger partial charge on any atom is -0.134 e. The van der Waals surface area contributed by atoms with Gasteiger partial charge in [-0.05, 0) is 23.5 Å². The standard InChI is InChI=1S/C14H20.HO3P/c1-4-12(5-2)11-14-9-7-13(6-3)8-10-14;1-4(2)3/h6-10,12H,3-5,11H2,1-2H3;(H-,1,2,3)/p+1. The van der Waals surface area contributed by atoms with Crippen molar-refractivity contribution in [1.82, 2.24) is 0 Å². The SMILES string of the molecule is C=Cc1ccc(CC(CC)CC)cc1.O=[P+](O)O. The molecule has 0 spiro atoms. The highest BCUT2D eigenvalue weighted by atomic mass is 31.1. The first-order chi connectivity index (χ1) is 8.53. The van der Waals surface area contributed by atoms with Crippen LogP contribution >= 0.6 is 8.25 Å². The number of hydrogen-bond donors (Lipinski definition) is 2. The molecular weight excluding hydrogens is 247 g/mol. The van der Waals surface area contributed by atoms with Gasteiger partial charge in [-0.3, -0.25) is 0 Å². The first kappa shape index (κ1) is 17.0. The van der Waals surface area contributed by atoms with Gasteiger partial charge in [0.05, 0.1) is 0 Å². The summed E-state index contributed by atoms with van der Waals surface area (Å²) in [6, 6.07) is 8.72. The molecule has 4 heteroatoms. The zero-order valence-corrected chi connectivity index (χ0v) is 11.9. The topological polar surface area (TPSA) is 57.5 Å². The predicted molar refractivity (Wildman–Crippen MR) is 76.4 cm³/mol. The largest absolute Gasteiger partial charge is 0.692 e. The molecule has 1 aromatic rings. The van der Waals surface area contributed by atoms with Crippen molar-refractivity contribution in [2.45, 2.75) is 33.1 Å². The molecule has 1 rings (SSSR count). The van der Waals surface area contributed by atoms with Crippen molar-refractivity contribution in [2.24, 2.45) is 5.92 Å². The summed E-state index contributed by atoms with van der Waals surface area (Å²) < 4.78 is 8.70. The highest BCUT2D eigenvalue weighted by Crippen LogP contribution is 2.16. The average molecular weight is 269 g/mol. The molecule has 0 saturated heterocycles. The maximum absolute atomic E-state index is 8.70. The van der Waals surface area contributed by atoms with Crippen LogP contribution in [0.3, 0.4) is 0 Å². The maximum atomic E-state index is 8.70. The lowest BCUT2D eigenvalue weighted by atomic mass is 9.94. The van der Waals surface area contributed by atoms with Crippen LogP contribution in [0, 0.1) is 5.92 Å². The van der Waals surface area contributed by atoms with E-state index in [1.807, 2.05) is 6.08 Å². The summed E-state index contributed by atoms with van der Waals surface area (Å²) in [5, 5.41) is 0.